The summed E-state index contributed by atoms with van der Waals surface area (Å²) in [7, 11) is 2.13. The number of hydrogen-bond donors (Lipinski definition) is 0. The van der Waals surface area contributed by atoms with Gasteiger partial charge in [0.1, 0.15) is 18.0 Å². The normalized spacial score (nSPS) is 21.3. The molecule has 1 aromatic carbocycles. The van der Waals surface area contributed by atoms with Crippen LogP contribution in [0.2, 0.25) is 5.02 Å². The Hall–Kier alpha value is -3.29. The topological polar surface area (TPSA) is 98.1 Å². The molecule has 0 aliphatic carbocycles. The summed E-state index contributed by atoms with van der Waals surface area (Å²) in [6, 6.07) is 8.80. The Morgan fingerprint density at radius 2 is 1.93 bits per heavy atom. The molecule has 2 saturated heterocycles. The predicted octanol–water partition coefficient (Wildman–Crippen LogP) is 5.20. The van der Waals surface area contributed by atoms with E-state index in [1.54, 1.807) is 4.90 Å². The maximum absolute atomic E-state index is 13.0. The number of halogens is 1. The summed E-state index contributed by atoms with van der Waals surface area (Å²) in [6.45, 7) is 12.1. The maximum atomic E-state index is 13.0. The summed E-state index contributed by atoms with van der Waals surface area (Å²) in [5.74, 6) is 0.837. The van der Waals surface area contributed by atoms with Gasteiger partial charge >= 0.3 is 12.1 Å². The van der Waals surface area contributed by atoms with E-state index in [1.165, 1.54) is 0 Å². The van der Waals surface area contributed by atoms with Crippen molar-refractivity contribution < 1.29 is 14.3 Å². The van der Waals surface area contributed by atoms with Crippen LogP contribution in [0.15, 0.2) is 18.2 Å². The molecule has 43 heavy (non-hydrogen) atoms. The Kier molecular flexibility index (Phi) is 9.52. The SMILES string of the molecule is Cc1cccc(N2CCCc3c(nc(OC[C@@H]4CCCN4C)nc3N3CCN(C(=O)OC(C)(C)C)C(CC#N)C3)C2)c1Cl. The predicted molar refractivity (Wildman–Crippen MR) is 168 cm³/mol. The molecule has 4 heterocycles. The van der Waals surface area contributed by atoms with Gasteiger partial charge < -0.3 is 29.1 Å². The van der Waals surface area contributed by atoms with E-state index in [9.17, 15) is 10.1 Å². The molecule has 11 heteroatoms. The minimum Gasteiger partial charge on any atom is -0.462 e. The number of carbonyl (C=O) groups excluding carboxylic acids is 1. The molecule has 3 aliphatic heterocycles. The molecule has 0 spiro atoms. The van der Waals surface area contributed by atoms with Crippen molar-refractivity contribution in [3.05, 3.63) is 40.0 Å². The van der Waals surface area contributed by atoms with Gasteiger partial charge in [-0.15, -0.1) is 0 Å². The third-order valence-electron chi connectivity index (χ3n) is 8.57. The summed E-state index contributed by atoms with van der Waals surface area (Å²) >= 11 is 6.77. The molecule has 0 N–H and O–H groups in total. The highest BCUT2D eigenvalue weighted by atomic mass is 35.5. The van der Waals surface area contributed by atoms with Gasteiger partial charge in [-0.1, -0.05) is 23.7 Å². The summed E-state index contributed by atoms with van der Waals surface area (Å²) in [6.07, 6.45) is 3.81. The van der Waals surface area contributed by atoms with Crippen LogP contribution in [0.3, 0.4) is 0 Å². The number of hydrogen-bond acceptors (Lipinski definition) is 9. The summed E-state index contributed by atoms with van der Waals surface area (Å²) in [5.41, 5.74) is 3.47. The van der Waals surface area contributed by atoms with Crippen molar-refractivity contribution in [3.8, 4) is 12.1 Å². The second-order valence-corrected chi connectivity index (χ2v) is 13.3. The van der Waals surface area contributed by atoms with E-state index in [0.717, 1.165) is 72.1 Å². The van der Waals surface area contributed by atoms with E-state index in [0.29, 0.717) is 44.8 Å². The van der Waals surface area contributed by atoms with Gasteiger partial charge in [0.05, 0.1) is 41.5 Å². The average molecular weight is 610 g/mol. The molecule has 1 unspecified atom stereocenters. The van der Waals surface area contributed by atoms with E-state index < -0.39 is 5.60 Å². The number of carbonyl (C=O) groups is 1. The highest BCUT2D eigenvalue weighted by molar-refractivity contribution is 6.34. The Balaban J connectivity index is 1.46. The third kappa shape index (κ3) is 7.27. The summed E-state index contributed by atoms with van der Waals surface area (Å²) < 4.78 is 12.0. The van der Waals surface area contributed by atoms with Crippen molar-refractivity contribution in [1.29, 1.82) is 5.26 Å². The number of nitrogens with zero attached hydrogens (tertiary/aromatic N) is 7. The van der Waals surface area contributed by atoms with Crippen LogP contribution >= 0.6 is 11.6 Å². The molecule has 2 fully saturated rings. The van der Waals surface area contributed by atoms with Crippen molar-refractivity contribution in [2.75, 3.05) is 56.2 Å². The monoisotopic (exact) mass is 609 g/mol. The lowest BCUT2D eigenvalue weighted by Crippen LogP contribution is -2.56. The van der Waals surface area contributed by atoms with E-state index in [4.69, 9.17) is 31.0 Å². The quantitative estimate of drug-likeness (QED) is 0.437. The zero-order chi connectivity index (χ0) is 30.7. The van der Waals surface area contributed by atoms with Crippen LogP contribution < -0.4 is 14.5 Å². The van der Waals surface area contributed by atoms with Crippen LogP contribution in [0.5, 0.6) is 6.01 Å². The van der Waals surface area contributed by atoms with Gasteiger partial charge in [0.25, 0.3) is 0 Å². The largest absolute Gasteiger partial charge is 0.462 e. The van der Waals surface area contributed by atoms with Crippen molar-refractivity contribution in [3.63, 3.8) is 0 Å². The zero-order valence-electron chi connectivity index (χ0n) is 26.1. The lowest BCUT2D eigenvalue weighted by Gasteiger charge is -2.42. The van der Waals surface area contributed by atoms with Crippen LogP contribution in [0, 0.1) is 18.3 Å². The number of likely N-dealkylation sites (N-methyl/N-ethyl adjacent to an activating group) is 1. The Labute approximate surface area is 260 Å². The standard InChI is InChI=1S/C32H44ClN7O3/c1-22-9-6-12-27(28(22)33)38-16-8-11-25-26(20-38)35-30(42-21-24-10-7-15-37(24)5)36-29(25)39-17-18-40(23(19-39)13-14-34)31(41)43-32(2,3)4/h6,9,12,23-24H,7-8,10-11,13,15-21H2,1-5H3/t23?,24-/m0/s1. The number of aryl methyl sites for hydroxylation is 1. The highest BCUT2D eigenvalue weighted by Gasteiger charge is 2.36. The lowest BCUT2D eigenvalue weighted by atomic mass is 10.1. The van der Waals surface area contributed by atoms with E-state index in [2.05, 4.69) is 33.9 Å². The van der Waals surface area contributed by atoms with Crippen LogP contribution in [-0.2, 0) is 17.7 Å². The fraction of sp³-hybridized carbons (Fsp3) is 0.625. The number of ether oxygens (including phenoxy) is 2. The molecular formula is C32H44ClN7O3. The number of piperazine rings is 1. The van der Waals surface area contributed by atoms with Crippen LogP contribution in [0.1, 0.15) is 63.3 Å². The van der Waals surface area contributed by atoms with Gasteiger partial charge in [-0.2, -0.15) is 15.2 Å². The molecule has 0 saturated carbocycles. The summed E-state index contributed by atoms with van der Waals surface area (Å²) in [5, 5.41) is 10.4. The van der Waals surface area contributed by atoms with E-state index in [-0.39, 0.29) is 18.6 Å². The Bertz CT molecular complexity index is 1360. The molecule has 5 rings (SSSR count). The van der Waals surface area contributed by atoms with Gasteiger partial charge in [-0.3, -0.25) is 0 Å². The number of amides is 1. The molecule has 1 amide bonds. The average Bonchev–Trinajstić information content (AvgIpc) is 3.24. The Morgan fingerprint density at radius 1 is 1.12 bits per heavy atom. The molecule has 2 atom stereocenters. The first-order valence-electron chi connectivity index (χ1n) is 15.4. The van der Waals surface area contributed by atoms with Crippen LogP contribution in [-0.4, -0.2) is 89.9 Å². The minimum atomic E-state index is -0.610. The molecule has 0 radical (unpaired) electrons. The smallest absolute Gasteiger partial charge is 0.410 e. The number of nitriles is 1. The number of fused-ring (bicyclic) bond motifs is 1. The first-order chi connectivity index (χ1) is 20.5. The fourth-order valence-electron chi connectivity index (χ4n) is 6.25. The molecule has 1 aromatic heterocycles. The van der Waals surface area contributed by atoms with Gasteiger partial charge in [0.15, 0.2) is 0 Å². The van der Waals surface area contributed by atoms with Crippen molar-refractivity contribution >= 4 is 29.2 Å². The van der Waals surface area contributed by atoms with E-state index >= 15 is 0 Å². The van der Waals surface area contributed by atoms with Gasteiger partial charge in [0, 0.05) is 37.8 Å². The minimum absolute atomic E-state index is 0.208. The second-order valence-electron chi connectivity index (χ2n) is 12.9. The Morgan fingerprint density at radius 3 is 2.65 bits per heavy atom. The first-order valence-corrected chi connectivity index (χ1v) is 15.8. The van der Waals surface area contributed by atoms with Crippen molar-refractivity contribution in [1.82, 2.24) is 19.8 Å². The molecular weight excluding hydrogens is 566 g/mol. The lowest BCUT2D eigenvalue weighted by molar-refractivity contribution is 0.0144. The van der Waals surface area contributed by atoms with Crippen molar-refractivity contribution in [2.24, 2.45) is 0 Å². The van der Waals surface area contributed by atoms with Gasteiger partial charge in [-0.05, 0) is 78.6 Å². The van der Waals surface area contributed by atoms with Crippen molar-refractivity contribution in [2.45, 2.75) is 84.0 Å². The summed E-state index contributed by atoms with van der Waals surface area (Å²) in [4.78, 5) is 31.5. The second kappa shape index (κ2) is 13.1. The van der Waals surface area contributed by atoms with Gasteiger partial charge in [-0.25, -0.2) is 4.79 Å². The molecule has 3 aliphatic rings. The third-order valence-corrected chi connectivity index (χ3v) is 9.06. The maximum Gasteiger partial charge on any atom is 0.410 e. The first kappa shape index (κ1) is 31.1. The van der Waals surface area contributed by atoms with E-state index in [1.807, 2.05) is 39.8 Å². The molecule has 232 valence electrons. The molecule has 0 bridgehead atoms. The fourth-order valence-corrected chi connectivity index (χ4v) is 6.49. The number of rotatable bonds is 6. The van der Waals surface area contributed by atoms with Crippen LogP contribution in [0.25, 0.3) is 0 Å². The van der Waals surface area contributed by atoms with Crippen LogP contribution in [0.4, 0.5) is 16.3 Å². The number of anilines is 2. The number of aromatic nitrogens is 2. The number of benzene rings is 1. The highest BCUT2D eigenvalue weighted by Crippen LogP contribution is 2.35. The molecule has 10 nitrogen and oxygen atoms in total. The zero-order valence-corrected chi connectivity index (χ0v) is 26.9. The number of likely N-dealkylation sites (tertiary alicyclic amines) is 1. The van der Waals surface area contributed by atoms with Gasteiger partial charge in [0.2, 0.25) is 0 Å². The molecule has 2 aromatic rings.